The van der Waals surface area contributed by atoms with Gasteiger partial charge in [-0.3, -0.25) is 9.69 Å². The van der Waals surface area contributed by atoms with E-state index in [1.807, 2.05) is 18.2 Å². The Labute approximate surface area is 233 Å². The lowest BCUT2D eigenvalue weighted by Crippen LogP contribution is -2.46. The fourth-order valence-corrected chi connectivity index (χ4v) is 7.18. The number of aromatic hydroxyl groups is 1. The van der Waals surface area contributed by atoms with E-state index >= 15 is 0 Å². The molecule has 2 N–H and O–H groups in total. The Balaban J connectivity index is 1.17. The van der Waals surface area contributed by atoms with Crippen LogP contribution in [0.2, 0.25) is 0 Å². The van der Waals surface area contributed by atoms with Crippen LogP contribution in [0.15, 0.2) is 29.1 Å². The van der Waals surface area contributed by atoms with Gasteiger partial charge >= 0.3 is 5.97 Å². The van der Waals surface area contributed by atoms with Gasteiger partial charge in [-0.2, -0.15) is 0 Å². The summed E-state index contributed by atoms with van der Waals surface area (Å²) in [5.74, 6) is -0.488. The largest absolute Gasteiger partial charge is 0.507 e. The minimum atomic E-state index is -1.85. The Morgan fingerprint density at radius 2 is 1.85 bits per heavy atom. The molecule has 7 rings (SSSR count). The van der Waals surface area contributed by atoms with E-state index < -0.39 is 11.6 Å². The van der Waals surface area contributed by atoms with Gasteiger partial charge in [0.05, 0.1) is 29.0 Å². The van der Waals surface area contributed by atoms with Crippen molar-refractivity contribution in [2.75, 3.05) is 26.2 Å². The van der Waals surface area contributed by atoms with Gasteiger partial charge in [0.2, 0.25) is 0 Å². The van der Waals surface area contributed by atoms with Crippen molar-refractivity contribution in [1.82, 2.24) is 19.4 Å². The lowest BCUT2D eigenvalue weighted by atomic mass is 9.86. The van der Waals surface area contributed by atoms with E-state index in [1.54, 1.807) is 17.6 Å². The molecule has 1 unspecified atom stereocenters. The smallest absolute Gasteiger partial charge is 0.343 e. The summed E-state index contributed by atoms with van der Waals surface area (Å²) in [6.45, 7) is 7.07. The van der Waals surface area contributed by atoms with Crippen LogP contribution in [-0.2, 0) is 34.8 Å². The average Bonchev–Trinajstić information content (AvgIpc) is 3.35. The van der Waals surface area contributed by atoms with Gasteiger partial charge in [0.15, 0.2) is 5.60 Å². The Morgan fingerprint density at radius 3 is 2.60 bits per heavy atom. The van der Waals surface area contributed by atoms with E-state index in [2.05, 4.69) is 9.80 Å². The monoisotopic (exact) mass is 544 g/mol. The Hall–Kier alpha value is -3.27. The maximum Gasteiger partial charge on any atom is 0.343 e. The van der Waals surface area contributed by atoms with Crippen LogP contribution in [0.1, 0.15) is 67.7 Å². The third-order valence-corrected chi connectivity index (χ3v) is 9.60. The maximum atomic E-state index is 13.4. The molecule has 2 saturated heterocycles. The van der Waals surface area contributed by atoms with E-state index in [-0.39, 0.29) is 24.3 Å². The molecule has 0 spiro atoms. The number of benzene rings is 1. The van der Waals surface area contributed by atoms with Crippen LogP contribution in [-0.4, -0.2) is 67.8 Å². The summed E-state index contributed by atoms with van der Waals surface area (Å²) in [5, 5.41) is 23.1. The van der Waals surface area contributed by atoms with Crippen LogP contribution in [0, 0.1) is 0 Å². The number of hydrogen-bond acceptors (Lipinski definition) is 8. The highest BCUT2D eigenvalue weighted by molar-refractivity contribution is 5.90. The van der Waals surface area contributed by atoms with Gasteiger partial charge in [0.1, 0.15) is 12.4 Å². The highest BCUT2D eigenvalue weighted by Crippen LogP contribution is 2.40. The van der Waals surface area contributed by atoms with E-state index in [0.717, 1.165) is 24.2 Å². The second-order valence-corrected chi connectivity index (χ2v) is 11.8. The first-order valence-corrected chi connectivity index (χ1v) is 14.7. The van der Waals surface area contributed by atoms with Crippen molar-refractivity contribution in [2.24, 2.45) is 0 Å². The number of phenolic OH excluding ortho intramolecular Hbond substituents is 1. The number of phenols is 1. The number of nitrogens with zero attached hydrogens (tertiary/aromatic N) is 4. The number of hydrogen-bond donors (Lipinski definition) is 2. The highest BCUT2D eigenvalue weighted by Gasteiger charge is 2.45. The molecular weight excluding hydrogens is 508 g/mol. The number of esters is 1. The number of ether oxygens (including phenoxy) is 1. The zero-order chi connectivity index (χ0) is 27.6. The van der Waals surface area contributed by atoms with Crippen LogP contribution in [0.25, 0.3) is 22.3 Å². The molecule has 9 nitrogen and oxygen atoms in total. The normalized spacial score (nSPS) is 23.6. The molecule has 4 aliphatic heterocycles. The minimum Gasteiger partial charge on any atom is -0.507 e. The first-order chi connectivity index (χ1) is 19.4. The third-order valence-electron chi connectivity index (χ3n) is 9.60. The molecule has 1 atom stereocenters. The summed E-state index contributed by atoms with van der Waals surface area (Å²) in [6.07, 6.45) is 6.44. The van der Waals surface area contributed by atoms with Crippen LogP contribution in [0.3, 0.4) is 0 Å². The summed E-state index contributed by atoms with van der Waals surface area (Å²) in [4.78, 5) is 35.8. The molecule has 4 aliphatic rings. The second kappa shape index (κ2) is 9.68. The number of rotatable bonds is 4. The van der Waals surface area contributed by atoms with Gasteiger partial charge in [0.25, 0.3) is 5.56 Å². The molecule has 3 aromatic rings. The number of likely N-dealkylation sites (tertiary alicyclic amines) is 2. The minimum absolute atomic E-state index is 0.103. The zero-order valence-corrected chi connectivity index (χ0v) is 23.0. The van der Waals surface area contributed by atoms with Crippen LogP contribution in [0.4, 0.5) is 0 Å². The van der Waals surface area contributed by atoms with Crippen molar-refractivity contribution in [3.05, 3.63) is 56.9 Å². The molecule has 2 aromatic heterocycles. The first-order valence-electron chi connectivity index (χ1n) is 14.7. The average molecular weight is 545 g/mol. The molecule has 0 aliphatic carbocycles. The Morgan fingerprint density at radius 1 is 1.07 bits per heavy atom. The molecule has 0 radical (unpaired) electrons. The molecular formula is C31H36N4O5. The maximum absolute atomic E-state index is 13.4. The van der Waals surface area contributed by atoms with Crippen LogP contribution in [0.5, 0.6) is 5.75 Å². The molecule has 210 valence electrons. The predicted octanol–water partition coefficient (Wildman–Crippen LogP) is 3.24. The number of fused-ring (bicyclic) bond motifs is 5. The van der Waals surface area contributed by atoms with Crippen molar-refractivity contribution >= 4 is 16.9 Å². The Kier molecular flexibility index (Phi) is 6.21. The number of aromatic nitrogens is 2. The highest BCUT2D eigenvalue weighted by atomic mass is 16.6. The fourth-order valence-electron chi connectivity index (χ4n) is 7.18. The van der Waals surface area contributed by atoms with Crippen LogP contribution >= 0.6 is 0 Å². The molecule has 0 amide bonds. The number of pyridine rings is 2. The van der Waals surface area contributed by atoms with Gasteiger partial charge in [0, 0.05) is 34.7 Å². The van der Waals surface area contributed by atoms with E-state index in [1.165, 1.54) is 45.2 Å². The molecule has 40 heavy (non-hydrogen) atoms. The van der Waals surface area contributed by atoms with Gasteiger partial charge < -0.3 is 24.4 Å². The van der Waals surface area contributed by atoms with Gasteiger partial charge in [-0.25, -0.2) is 9.78 Å². The first kappa shape index (κ1) is 25.7. The molecule has 0 saturated carbocycles. The van der Waals surface area contributed by atoms with Gasteiger partial charge in [-0.1, -0.05) is 19.4 Å². The summed E-state index contributed by atoms with van der Waals surface area (Å²) in [6, 6.07) is 8.21. The third kappa shape index (κ3) is 3.97. The standard InChI is InChI=1S/C31H36N4O5/c1-2-31(39)24-15-26-27-20(17-35(26)29(37)23(24)18-40-30(31)38)14-22-25(32-27)7-6-19(28(22)36)16-33-12-8-21(9-13-33)34-10-4-3-5-11-34/h6-7,14-15,21,36,39H,2-5,8-13,16-18H2,1H3. The Bertz CT molecular complexity index is 1570. The van der Waals surface area contributed by atoms with Crippen molar-refractivity contribution < 1.29 is 19.7 Å². The summed E-state index contributed by atoms with van der Waals surface area (Å²) >= 11 is 0. The van der Waals surface area contributed by atoms with Crippen molar-refractivity contribution in [2.45, 2.75) is 76.8 Å². The van der Waals surface area contributed by atoms with Crippen molar-refractivity contribution in [3.8, 4) is 17.1 Å². The van der Waals surface area contributed by atoms with Crippen molar-refractivity contribution in [1.29, 1.82) is 0 Å². The van der Waals surface area contributed by atoms with E-state index in [4.69, 9.17) is 9.72 Å². The van der Waals surface area contributed by atoms with Crippen molar-refractivity contribution in [3.63, 3.8) is 0 Å². The predicted molar refractivity (Wildman–Crippen MR) is 150 cm³/mol. The fraction of sp³-hybridized carbons (Fsp3) is 0.516. The molecule has 1 aromatic carbocycles. The number of piperidine rings is 2. The lowest BCUT2D eigenvalue weighted by molar-refractivity contribution is -0.172. The summed E-state index contributed by atoms with van der Waals surface area (Å²) < 4.78 is 6.78. The quantitative estimate of drug-likeness (QED) is 0.377. The summed E-state index contributed by atoms with van der Waals surface area (Å²) in [5.41, 5.74) is 2.04. The zero-order valence-electron chi connectivity index (χ0n) is 23.0. The van der Waals surface area contributed by atoms with Gasteiger partial charge in [-0.15, -0.1) is 0 Å². The van der Waals surface area contributed by atoms with Gasteiger partial charge in [-0.05, 0) is 76.5 Å². The van der Waals surface area contributed by atoms with E-state index in [9.17, 15) is 19.8 Å². The molecule has 6 heterocycles. The molecule has 0 bridgehead atoms. The SMILES string of the molecule is CCC1(O)C(=O)OCc2c1cc1n(c2=O)Cc2cc3c(O)c(CN4CCC(N5CCCCC5)CC4)ccc3nc2-1. The number of carbonyl (C=O) groups is 1. The topological polar surface area (TPSA) is 108 Å². The number of cyclic esters (lactones) is 1. The second-order valence-electron chi connectivity index (χ2n) is 11.8. The molecule has 9 heteroatoms. The number of carbonyl (C=O) groups excluding carboxylic acids is 1. The number of aliphatic hydroxyl groups is 1. The van der Waals surface area contributed by atoms with Crippen LogP contribution < -0.4 is 5.56 Å². The molecule has 2 fully saturated rings. The lowest BCUT2D eigenvalue weighted by Gasteiger charge is -2.40. The summed E-state index contributed by atoms with van der Waals surface area (Å²) in [7, 11) is 0. The van der Waals surface area contributed by atoms with E-state index in [0.29, 0.717) is 52.5 Å².